The van der Waals surface area contributed by atoms with Crippen molar-refractivity contribution in [3.8, 4) is 6.07 Å². The van der Waals surface area contributed by atoms with Gasteiger partial charge in [-0.25, -0.2) is 0 Å². The maximum atomic E-state index is 14.1. The van der Waals surface area contributed by atoms with Gasteiger partial charge in [0.25, 0.3) is 0 Å². The van der Waals surface area contributed by atoms with Crippen LogP contribution in [0.5, 0.6) is 0 Å². The van der Waals surface area contributed by atoms with E-state index in [-0.39, 0.29) is 37.4 Å². The summed E-state index contributed by atoms with van der Waals surface area (Å²) in [6.07, 6.45) is 1.09. The van der Waals surface area contributed by atoms with Crippen LogP contribution < -0.4 is 0 Å². The maximum Gasteiger partial charge on any atom is 0.416 e. The van der Waals surface area contributed by atoms with Gasteiger partial charge in [0.15, 0.2) is 0 Å². The van der Waals surface area contributed by atoms with Crippen molar-refractivity contribution in [1.29, 1.82) is 5.26 Å². The van der Waals surface area contributed by atoms with E-state index in [1.54, 1.807) is 30.7 Å². The summed E-state index contributed by atoms with van der Waals surface area (Å²) >= 11 is 0. The quantitative estimate of drug-likeness (QED) is 0.279. The number of benzene rings is 2. The summed E-state index contributed by atoms with van der Waals surface area (Å²) in [5.74, 6) is -1.17. The summed E-state index contributed by atoms with van der Waals surface area (Å²) in [7, 11) is 0. The molecule has 190 valence electrons. The van der Waals surface area contributed by atoms with Crippen LogP contribution in [0.2, 0.25) is 0 Å². The summed E-state index contributed by atoms with van der Waals surface area (Å²) in [6.45, 7) is 2.41. The molecule has 1 unspecified atom stereocenters. The predicted octanol–water partition coefficient (Wildman–Crippen LogP) is 6.61. The Hall–Kier alpha value is -4.12. The van der Waals surface area contributed by atoms with Gasteiger partial charge in [-0.1, -0.05) is 49.4 Å². The third kappa shape index (κ3) is 5.83. The Labute approximate surface area is 213 Å². The van der Waals surface area contributed by atoms with Gasteiger partial charge >= 0.3 is 6.18 Å². The van der Waals surface area contributed by atoms with Crippen molar-refractivity contribution in [2.24, 2.45) is 0 Å². The van der Waals surface area contributed by atoms with Crippen molar-refractivity contribution in [3.05, 3.63) is 101 Å². The number of nitriles is 1. The first-order chi connectivity index (χ1) is 17.8. The highest BCUT2D eigenvalue weighted by Gasteiger charge is 2.37. The van der Waals surface area contributed by atoms with Crippen molar-refractivity contribution in [1.82, 2.24) is 14.9 Å². The molecule has 4 aromatic rings. The fourth-order valence-corrected chi connectivity index (χ4v) is 4.76. The van der Waals surface area contributed by atoms with Gasteiger partial charge in [0.1, 0.15) is 0 Å². The number of para-hydroxylation sites is 1. The first kappa shape index (κ1) is 26.0. The fourth-order valence-electron chi connectivity index (χ4n) is 4.76. The van der Waals surface area contributed by atoms with E-state index in [0.717, 1.165) is 34.5 Å². The fraction of sp³-hybridized carbons (Fsp3) is 0.276. The number of H-pyrrole nitrogens is 1. The van der Waals surface area contributed by atoms with E-state index in [1.165, 1.54) is 17.0 Å². The average Bonchev–Trinajstić information content (AvgIpc) is 3.33. The minimum absolute atomic E-state index is 0.0489. The molecule has 0 aliphatic carbocycles. The molecule has 2 aromatic heterocycles. The number of carbonyl (C=O) groups excluding carboxylic acids is 1. The average molecular weight is 505 g/mol. The first-order valence-corrected chi connectivity index (χ1v) is 12.1. The molecule has 8 heteroatoms. The third-order valence-electron chi connectivity index (χ3n) is 6.55. The van der Waals surface area contributed by atoms with Crippen LogP contribution in [0.1, 0.15) is 53.5 Å². The van der Waals surface area contributed by atoms with Gasteiger partial charge in [-0.15, -0.1) is 0 Å². The minimum Gasteiger partial charge on any atom is -0.361 e. The molecule has 0 aliphatic heterocycles. The largest absolute Gasteiger partial charge is 0.416 e. The zero-order valence-corrected chi connectivity index (χ0v) is 20.4. The van der Waals surface area contributed by atoms with Crippen LogP contribution in [0.25, 0.3) is 10.9 Å². The number of aryl methyl sites for hydroxylation is 1. The van der Waals surface area contributed by atoms with Gasteiger partial charge in [-0.05, 0) is 40.8 Å². The Morgan fingerprint density at radius 3 is 2.62 bits per heavy atom. The van der Waals surface area contributed by atoms with Crippen LogP contribution in [-0.2, 0) is 23.9 Å². The second-order valence-electron chi connectivity index (χ2n) is 8.86. The highest BCUT2D eigenvalue weighted by atomic mass is 19.4. The number of alkyl halides is 3. The van der Waals surface area contributed by atoms with Crippen LogP contribution in [0.15, 0.2) is 73.2 Å². The van der Waals surface area contributed by atoms with Crippen molar-refractivity contribution in [2.45, 2.75) is 44.8 Å². The van der Waals surface area contributed by atoms with Crippen molar-refractivity contribution in [3.63, 3.8) is 0 Å². The summed E-state index contributed by atoms with van der Waals surface area (Å²) in [5, 5.41) is 9.93. The molecule has 2 aromatic carbocycles. The monoisotopic (exact) mass is 504 g/mol. The molecule has 1 atom stereocenters. The zero-order chi connectivity index (χ0) is 26.4. The second kappa shape index (κ2) is 11.3. The number of hydrogen-bond donors (Lipinski definition) is 1. The summed E-state index contributed by atoms with van der Waals surface area (Å²) < 4.78 is 42.3. The lowest BCUT2D eigenvalue weighted by Crippen LogP contribution is -2.33. The van der Waals surface area contributed by atoms with Crippen LogP contribution >= 0.6 is 0 Å². The minimum atomic E-state index is -4.57. The van der Waals surface area contributed by atoms with Gasteiger partial charge in [0, 0.05) is 54.9 Å². The summed E-state index contributed by atoms with van der Waals surface area (Å²) in [5.41, 5.74) is 2.61. The molecule has 4 rings (SSSR count). The number of aromatic nitrogens is 2. The highest BCUT2D eigenvalue weighted by molar-refractivity contribution is 5.88. The predicted molar refractivity (Wildman–Crippen MR) is 135 cm³/mol. The van der Waals surface area contributed by atoms with Crippen molar-refractivity contribution in [2.75, 3.05) is 6.54 Å². The number of halogens is 3. The molecule has 0 saturated heterocycles. The Bertz CT molecular complexity index is 1410. The van der Waals surface area contributed by atoms with Gasteiger partial charge in [0.05, 0.1) is 18.1 Å². The molecule has 5 nitrogen and oxygen atoms in total. The van der Waals surface area contributed by atoms with Crippen LogP contribution in [-0.4, -0.2) is 27.3 Å². The maximum absolute atomic E-state index is 14.1. The number of hydrogen-bond acceptors (Lipinski definition) is 3. The number of nitrogens with zero attached hydrogens (tertiary/aromatic N) is 3. The summed E-state index contributed by atoms with van der Waals surface area (Å²) in [6, 6.07) is 16.8. The Morgan fingerprint density at radius 2 is 1.92 bits per heavy atom. The normalized spacial score (nSPS) is 12.3. The smallest absolute Gasteiger partial charge is 0.361 e. The number of nitrogens with one attached hydrogen (secondary N) is 1. The van der Waals surface area contributed by atoms with E-state index in [2.05, 4.69) is 16.0 Å². The lowest BCUT2D eigenvalue weighted by molar-refractivity contribution is -0.139. The zero-order valence-electron chi connectivity index (χ0n) is 20.4. The molecule has 0 spiro atoms. The van der Waals surface area contributed by atoms with E-state index in [9.17, 15) is 18.0 Å². The third-order valence-corrected chi connectivity index (χ3v) is 6.55. The van der Waals surface area contributed by atoms with Crippen LogP contribution in [0.3, 0.4) is 0 Å². The first-order valence-electron chi connectivity index (χ1n) is 12.1. The molecule has 37 heavy (non-hydrogen) atoms. The number of amides is 1. The second-order valence-corrected chi connectivity index (χ2v) is 8.86. The Balaban J connectivity index is 1.79. The topological polar surface area (TPSA) is 72.8 Å². The Morgan fingerprint density at radius 1 is 1.11 bits per heavy atom. The van der Waals surface area contributed by atoms with E-state index >= 15 is 0 Å². The van der Waals surface area contributed by atoms with Gasteiger partial charge < -0.3 is 9.88 Å². The molecule has 0 aliphatic rings. The van der Waals surface area contributed by atoms with Gasteiger partial charge in [-0.2, -0.15) is 18.4 Å². The van der Waals surface area contributed by atoms with Crippen molar-refractivity contribution < 1.29 is 18.0 Å². The SMILES string of the molecule is CCc1cccc2c(C(CC(=O)N(CCC#N)Cc3cccnc3)c3ccccc3C(F)(F)F)c[nH]c12. The molecule has 0 bridgehead atoms. The van der Waals surface area contributed by atoms with Gasteiger partial charge in [0.2, 0.25) is 5.91 Å². The van der Waals surface area contributed by atoms with Gasteiger partial charge in [-0.3, -0.25) is 9.78 Å². The van der Waals surface area contributed by atoms with Crippen molar-refractivity contribution >= 4 is 16.8 Å². The van der Waals surface area contributed by atoms with E-state index < -0.39 is 17.7 Å². The molecule has 0 radical (unpaired) electrons. The molecule has 0 saturated carbocycles. The number of pyridine rings is 1. The highest BCUT2D eigenvalue weighted by Crippen LogP contribution is 2.41. The summed E-state index contributed by atoms with van der Waals surface area (Å²) in [4.78, 5) is 22.5. The van der Waals surface area contributed by atoms with E-state index in [4.69, 9.17) is 5.26 Å². The lowest BCUT2D eigenvalue weighted by atomic mass is 9.84. The molecule has 0 fully saturated rings. The standard InChI is InChI=1S/C29H27F3N4O/c1-2-21-9-5-11-23-25(18-35-28(21)23)24(22-10-3-4-12-26(22)29(30,31)32)16-27(37)36(15-7-13-33)19-20-8-6-14-34-17-20/h3-6,8-12,14,17-18,24,35H,2,7,15-16,19H2,1H3. The van der Waals surface area contributed by atoms with Crippen LogP contribution in [0, 0.1) is 11.3 Å². The van der Waals surface area contributed by atoms with E-state index in [0.29, 0.717) is 5.56 Å². The van der Waals surface area contributed by atoms with E-state index in [1.807, 2.05) is 31.2 Å². The molecular weight excluding hydrogens is 477 g/mol. The molecule has 2 heterocycles. The number of carbonyl (C=O) groups is 1. The number of aromatic amines is 1. The number of fused-ring (bicyclic) bond motifs is 1. The molecule has 1 N–H and O–H groups in total. The van der Waals surface area contributed by atoms with Crippen LogP contribution in [0.4, 0.5) is 13.2 Å². The Kier molecular flexibility index (Phi) is 7.92. The lowest BCUT2D eigenvalue weighted by Gasteiger charge is -2.26. The molecular formula is C29H27F3N4O. The molecule has 1 amide bonds. The number of rotatable bonds is 9.